The maximum atomic E-state index is 3.58. The van der Waals surface area contributed by atoms with Crippen LogP contribution in [0.25, 0.3) is 0 Å². The van der Waals surface area contributed by atoms with Crippen LogP contribution in [0.1, 0.15) is 142 Å². The number of quaternary nitrogens is 2. The van der Waals surface area contributed by atoms with E-state index in [1.807, 2.05) is 0 Å². The molecule has 2 heterocycles. The number of rotatable bonds is 24. The summed E-state index contributed by atoms with van der Waals surface area (Å²) in [6.45, 7) is 8.80. The summed E-state index contributed by atoms with van der Waals surface area (Å²) in [5, 5.41) is 0. The number of hydrogen-bond donors (Lipinski definition) is 0. The third-order valence-corrected chi connectivity index (χ3v) is 8.48. The second-order valence-electron chi connectivity index (χ2n) is 12.1. The molecule has 0 aliphatic carbocycles. The van der Waals surface area contributed by atoms with E-state index in [4.69, 9.17) is 0 Å². The molecule has 2 aliphatic rings. The van der Waals surface area contributed by atoms with Crippen LogP contribution in [-0.2, 0) is 0 Å². The van der Waals surface area contributed by atoms with Gasteiger partial charge in [0, 0.05) is 0 Å². The summed E-state index contributed by atoms with van der Waals surface area (Å²) in [6, 6.07) is 0. The van der Waals surface area contributed by atoms with Crippen LogP contribution < -0.4 is 0 Å². The molecule has 0 saturated carbocycles. The minimum atomic E-state index is 0.913. The van der Waals surface area contributed by atoms with E-state index in [2.05, 4.69) is 74.8 Å². The van der Waals surface area contributed by atoms with Gasteiger partial charge in [0.1, 0.15) is 37.9 Å². The lowest BCUT2D eigenvalue weighted by Crippen LogP contribution is -2.38. The Balaban J connectivity index is 1.61. The molecule has 0 amide bonds. The highest BCUT2D eigenvalue weighted by Gasteiger charge is 2.24. The first-order valence-electron chi connectivity index (χ1n) is 16.7. The number of allylic oxidation sites excluding steroid dienone is 4. The minimum absolute atomic E-state index is 0.913. The third kappa shape index (κ3) is 14.6. The van der Waals surface area contributed by atoms with Crippen molar-refractivity contribution in [1.29, 1.82) is 0 Å². The number of nitrogens with zero attached hydrogens (tertiary/aromatic N) is 2. The fourth-order valence-electron chi connectivity index (χ4n) is 5.84. The highest BCUT2D eigenvalue weighted by molar-refractivity contribution is 5.10. The predicted octanol–water partition coefficient (Wildman–Crippen LogP) is 10.5. The van der Waals surface area contributed by atoms with Gasteiger partial charge in [-0.3, -0.25) is 8.97 Å². The average Bonchev–Trinajstić information content (AvgIpc) is 3.60. The molecule has 0 atom stereocenters. The van der Waals surface area contributed by atoms with Crippen LogP contribution in [-0.4, -0.2) is 35.1 Å². The van der Waals surface area contributed by atoms with Crippen molar-refractivity contribution in [2.45, 2.75) is 142 Å². The summed E-state index contributed by atoms with van der Waals surface area (Å²) < 4.78 is 1.85. The van der Waals surface area contributed by atoms with Gasteiger partial charge in [0.05, 0.1) is 13.1 Å². The zero-order valence-corrected chi connectivity index (χ0v) is 25.5. The molecule has 0 aromatic rings. The van der Waals surface area contributed by atoms with Crippen LogP contribution >= 0.6 is 0 Å². The van der Waals surface area contributed by atoms with Crippen molar-refractivity contribution in [1.82, 2.24) is 0 Å². The molecule has 0 spiro atoms. The maximum Gasteiger partial charge on any atom is 0.149 e. The van der Waals surface area contributed by atoms with Gasteiger partial charge in [0.15, 0.2) is 0 Å². The first-order valence-corrected chi connectivity index (χ1v) is 16.7. The summed E-state index contributed by atoms with van der Waals surface area (Å²) >= 11 is 0. The molecule has 0 radical (unpaired) electrons. The van der Waals surface area contributed by atoms with Gasteiger partial charge >= 0.3 is 0 Å². The molecule has 0 aromatic heterocycles. The molecular formula is C36H62N2+2. The molecule has 2 rings (SSSR count). The van der Waals surface area contributed by atoms with Gasteiger partial charge in [-0.05, 0) is 61.8 Å². The second-order valence-corrected chi connectivity index (χ2v) is 12.1. The van der Waals surface area contributed by atoms with Crippen molar-refractivity contribution in [3.8, 4) is 11.8 Å². The summed E-state index contributed by atoms with van der Waals surface area (Å²) in [5.74, 6) is 7.16. The fourth-order valence-corrected chi connectivity index (χ4v) is 5.84. The van der Waals surface area contributed by atoms with E-state index in [0.717, 1.165) is 22.1 Å². The topological polar surface area (TPSA) is 0 Å². The van der Waals surface area contributed by atoms with Gasteiger partial charge in [-0.15, -0.1) is 0 Å². The molecule has 214 valence electrons. The summed E-state index contributed by atoms with van der Waals surface area (Å²) in [7, 11) is 0. The average molecular weight is 523 g/mol. The van der Waals surface area contributed by atoms with Crippen LogP contribution in [0.15, 0.2) is 49.1 Å². The van der Waals surface area contributed by atoms with Gasteiger partial charge in [-0.25, -0.2) is 0 Å². The van der Waals surface area contributed by atoms with Gasteiger partial charge in [-0.1, -0.05) is 117 Å². The van der Waals surface area contributed by atoms with Crippen LogP contribution in [0.4, 0.5) is 0 Å². The molecule has 0 aromatic carbocycles. The molecule has 38 heavy (non-hydrogen) atoms. The lowest BCUT2D eigenvalue weighted by molar-refractivity contribution is -0.820. The molecule has 2 heteroatoms. The van der Waals surface area contributed by atoms with Crippen LogP contribution in [0.2, 0.25) is 0 Å². The fraction of sp³-hybridized carbons (Fsp3) is 0.722. The molecular weight excluding hydrogens is 460 g/mol. The van der Waals surface area contributed by atoms with E-state index in [1.165, 1.54) is 142 Å². The van der Waals surface area contributed by atoms with E-state index in [1.54, 1.807) is 0 Å². The quantitative estimate of drug-likeness (QED) is 0.0671. The minimum Gasteiger partial charge on any atom is -0.261 e. The highest BCUT2D eigenvalue weighted by atomic mass is 15.3. The predicted molar refractivity (Wildman–Crippen MR) is 168 cm³/mol. The molecule has 0 bridgehead atoms. The molecule has 0 saturated heterocycles. The summed E-state index contributed by atoms with van der Waals surface area (Å²) in [6.07, 6.45) is 46.2. The van der Waals surface area contributed by atoms with Crippen molar-refractivity contribution in [2.24, 2.45) is 0 Å². The highest BCUT2D eigenvalue weighted by Crippen LogP contribution is 2.20. The molecule has 0 unspecified atom stereocenters. The maximum absolute atomic E-state index is 3.58. The Morgan fingerprint density at radius 3 is 0.921 bits per heavy atom. The Kier molecular flexibility index (Phi) is 18.3. The van der Waals surface area contributed by atoms with E-state index in [0.29, 0.717) is 0 Å². The van der Waals surface area contributed by atoms with E-state index < -0.39 is 0 Å². The Morgan fingerprint density at radius 1 is 0.368 bits per heavy atom. The molecule has 0 fully saturated rings. The van der Waals surface area contributed by atoms with Crippen molar-refractivity contribution >= 4 is 0 Å². The van der Waals surface area contributed by atoms with Crippen molar-refractivity contribution in [2.75, 3.05) is 26.2 Å². The largest absolute Gasteiger partial charge is 0.261 e. The molecule has 2 aliphatic heterocycles. The third-order valence-electron chi connectivity index (χ3n) is 8.48. The summed E-state index contributed by atoms with van der Waals surface area (Å²) in [5.41, 5.74) is 0. The Hall–Kier alpha value is -1.56. The van der Waals surface area contributed by atoms with Gasteiger partial charge in [0.25, 0.3) is 0 Å². The van der Waals surface area contributed by atoms with Crippen molar-refractivity contribution in [3.05, 3.63) is 49.1 Å². The van der Waals surface area contributed by atoms with E-state index in [-0.39, 0.29) is 0 Å². The van der Waals surface area contributed by atoms with Crippen molar-refractivity contribution in [3.63, 3.8) is 0 Å². The number of hydrogen-bond acceptors (Lipinski definition) is 0. The molecule has 0 N–H and O–H groups in total. The smallest absolute Gasteiger partial charge is 0.149 e. The Morgan fingerprint density at radius 2 is 0.632 bits per heavy atom. The summed E-state index contributed by atoms with van der Waals surface area (Å²) in [4.78, 5) is 0. The normalized spacial score (nSPS) is 16.4. The lowest BCUT2D eigenvalue weighted by Gasteiger charge is -2.28. The number of unbranched alkanes of at least 4 members (excludes halogenated alkanes) is 18. The van der Waals surface area contributed by atoms with E-state index >= 15 is 0 Å². The Labute approximate surface area is 238 Å². The van der Waals surface area contributed by atoms with Crippen LogP contribution in [0.5, 0.6) is 0 Å². The van der Waals surface area contributed by atoms with Gasteiger partial charge < -0.3 is 0 Å². The molecule has 2 nitrogen and oxygen atoms in total. The van der Waals surface area contributed by atoms with Crippen LogP contribution in [0.3, 0.4) is 0 Å². The van der Waals surface area contributed by atoms with Gasteiger partial charge in [-0.2, -0.15) is 0 Å². The van der Waals surface area contributed by atoms with Crippen molar-refractivity contribution < 1.29 is 8.97 Å². The monoisotopic (exact) mass is 522 g/mol. The zero-order chi connectivity index (χ0) is 27.0. The lowest BCUT2D eigenvalue weighted by atomic mass is 10.1. The van der Waals surface area contributed by atoms with E-state index in [9.17, 15) is 0 Å². The first-order chi connectivity index (χ1) is 18.7. The SMILES string of the molecule is CCCCCCCCCCCC[N+]1(CC#CC[N+]2(CCCCCCCCCCCC)C=CC=C2)C=CC=C1. The second kappa shape index (κ2) is 21.3. The zero-order valence-electron chi connectivity index (χ0n) is 25.5. The van der Waals surface area contributed by atoms with Crippen LogP contribution in [0, 0.1) is 11.8 Å². The Bertz CT molecular complexity index is 674. The standard InChI is InChI=1S/C36H62N2/c1-3-5-7-9-11-13-15-17-19-21-29-37(31-23-24-32-37)35-27-28-36-38(33-25-26-34-38)30-22-20-18-16-14-12-10-8-6-4-2/h23-26,31-34H,3-22,29-30,35-36H2,1-2H3/q+2. The first kappa shape index (κ1) is 32.7. The van der Waals surface area contributed by atoms with Gasteiger partial charge in [0.2, 0.25) is 0 Å².